The standard InChI is InChI=1S/C22H24N2O3/c1-15-2-4-16(5-3-15)14-24(27)20(25)18-7-6-17-8-9-22(13-19(17)12-18)10-11-23-21(22)26/h2-7,12,27H,8-11,13-14H2,1H3,(H,23,26)/t22-/m0/s1. The molecule has 1 heterocycles. The van der Waals surface area contributed by atoms with Crippen LogP contribution in [0, 0.1) is 12.3 Å². The summed E-state index contributed by atoms with van der Waals surface area (Å²) in [5.41, 5.74) is 4.38. The van der Waals surface area contributed by atoms with E-state index in [-0.39, 0.29) is 17.9 Å². The second-order valence-corrected chi connectivity index (χ2v) is 7.79. The predicted molar refractivity (Wildman–Crippen MR) is 101 cm³/mol. The molecule has 0 radical (unpaired) electrons. The van der Waals surface area contributed by atoms with E-state index in [0.717, 1.165) is 47.6 Å². The van der Waals surface area contributed by atoms with Gasteiger partial charge in [-0.05, 0) is 61.4 Å². The molecule has 2 aliphatic rings. The van der Waals surface area contributed by atoms with Gasteiger partial charge in [0, 0.05) is 12.1 Å². The Morgan fingerprint density at radius 2 is 1.93 bits per heavy atom. The second-order valence-electron chi connectivity index (χ2n) is 7.79. The Labute approximate surface area is 159 Å². The number of rotatable bonds is 3. The van der Waals surface area contributed by atoms with E-state index in [1.165, 1.54) is 5.56 Å². The monoisotopic (exact) mass is 364 g/mol. The summed E-state index contributed by atoms with van der Waals surface area (Å²) < 4.78 is 0. The topological polar surface area (TPSA) is 69.6 Å². The first-order valence-electron chi connectivity index (χ1n) is 9.43. The summed E-state index contributed by atoms with van der Waals surface area (Å²) in [7, 11) is 0. The normalized spacial score (nSPS) is 21.0. The summed E-state index contributed by atoms with van der Waals surface area (Å²) in [6.45, 7) is 2.87. The predicted octanol–water partition coefficient (Wildman–Crippen LogP) is 3.02. The lowest BCUT2D eigenvalue weighted by Gasteiger charge is -2.32. The Morgan fingerprint density at radius 1 is 1.15 bits per heavy atom. The number of amides is 2. The van der Waals surface area contributed by atoms with E-state index in [1.54, 1.807) is 6.07 Å². The number of aryl methyl sites for hydroxylation is 2. The van der Waals surface area contributed by atoms with Crippen LogP contribution in [0.2, 0.25) is 0 Å². The van der Waals surface area contributed by atoms with Crippen molar-refractivity contribution in [3.63, 3.8) is 0 Å². The van der Waals surface area contributed by atoms with Crippen molar-refractivity contribution >= 4 is 11.8 Å². The summed E-state index contributed by atoms with van der Waals surface area (Å²) in [4.78, 5) is 25.0. The summed E-state index contributed by atoms with van der Waals surface area (Å²) in [6, 6.07) is 13.3. The summed E-state index contributed by atoms with van der Waals surface area (Å²) in [5, 5.41) is 14.0. The van der Waals surface area contributed by atoms with Gasteiger partial charge in [0.2, 0.25) is 5.91 Å². The van der Waals surface area contributed by atoms with Gasteiger partial charge in [0.05, 0.1) is 12.0 Å². The Balaban J connectivity index is 1.52. The summed E-state index contributed by atoms with van der Waals surface area (Å²) >= 11 is 0. The van der Waals surface area contributed by atoms with Crippen molar-refractivity contribution in [2.75, 3.05) is 6.54 Å². The maximum Gasteiger partial charge on any atom is 0.277 e. The van der Waals surface area contributed by atoms with Crippen molar-refractivity contribution in [2.45, 2.75) is 39.2 Å². The molecule has 0 aromatic heterocycles. The molecule has 27 heavy (non-hydrogen) atoms. The maximum atomic E-state index is 12.7. The zero-order valence-electron chi connectivity index (χ0n) is 15.5. The first kappa shape index (κ1) is 17.7. The fourth-order valence-corrected chi connectivity index (χ4v) is 4.21. The number of benzene rings is 2. The van der Waals surface area contributed by atoms with Gasteiger partial charge in [-0.25, -0.2) is 5.06 Å². The number of nitrogens with zero attached hydrogens (tertiary/aromatic N) is 1. The van der Waals surface area contributed by atoms with Gasteiger partial charge in [-0.15, -0.1) is 0 Å². The van der Waals surface area contributed by atoms with Crippen LogP contribution in [0.3, 0.4) is 0 Å². The Morgan fingerprint density at radius 3 is 2.63 bits per heavy atom. The molecule has 1 aliphatic carbocycles. The van der Waals surface area contributed by atoms with Crippen molar-refractivity contribution in [1.82, 2.24) is 10.4 Å². The van der Waals surface area contributed by atoms with Crippen LogP contribution in [0.5, 0.6) is 0 Å². The average Bonchev–Trinajstić information content (AvgIpc) is 3.02. The van der Waals surface area contributed by atoms with Gasteiger partial charge in [0.25, 0.3) is 5.91 Å². The summed E-state index contributed by atoms with van der Waals surface area (Å²) in [6.07, 6.45) is 3.23. The zero-order chi connectivity index (χ0) is 19.0. The Bertz CT molecular complexity index is 891. The van der Waals surface area contributed by atoms with Crippen LogP contribution in [0.25, 0.3) is 0 Å². The van der Waals surface area contributed by atoms with Crippen LogP contribution in [-0.4, -0.2) is 28.6 Å². The fourth-order valence-electron chi connectivity index (χ4n) is 4.21. The molecule has 1 aliphatic heterocycles. The van der Waals surface area contributed by atoms with E-state index in [1.807, 2.05) is 43.3 Å². The molecular formula is C22H24N2O3. The molecule has 2 amide bonds. The number of carbonyl (C=O) groups is 2. The lowest BCUT2D eigenvalue weighted by molar-refractivity contribution is -0.128. The molecule has 2 N–H and O–H groups in total. The number of carbonyl (C=O) groups excluding carboxylic acids is 2. The quantitative estimate of drug-likeness (QED) is 0.650. The number of hydrogen-bond acceptors (Lipinski definition) is 3. The largest absolute Gasteiger partial charge is 0.356 e. The van der Waals surface area contributed by atoms with Crippen molar-refractivity contribution in [3.05, 3.63) is 70.3 Å². The van der Waals surface area contributed by atoms with Crippen LogP contribution >= 0.6 is 0 Å². The average molecular weight is 364 g/mol. The second kappa shape index (κ2) is 6.82. The minimum Gasteiger partial charge on any atom is -0.356 e. The van der Waals surface area contributed by atoms with Gasteiger partial charge < -0.3 is 5.32 Å². The minimum absolute atomic E-state index is 0.132. The van der Waals surface area contributed by atoms with Gasteiger partial charge >= 0.3 is 0 Å². The molecule has 5 nitrogen and oxygen atoms in total. The van der Waals surface area contributed by atoms with Crippen LogP contribution in [0.15, 0.2) is 42.5 Å². The molecule has 1 atom stereocenters. The SMILES string of the molecule is Cc1ccc(CN(O)C(=O)c2ccc3c(c2)C[C@@]2(CCNC2=O)CC3)cc1. The van der Waals surface area contributed by atoms with Crippen LogP contribution in [0.4, 0.5) is 0 Å². The highest BCUT2D eigenvalue weighted by Gasteiger charge is 2.44. The van der Waals surface area contributed by atoms with Gasteiger partial charge in [0.15, 0.2) is 0 Å². The third-order valence-corrected chi connectivity index (χ3v) is 5.91. The Hall–Kier alpha value is -2.66. The van der Waals surface area contributed by atoms with E-state index < -0.39 is 5.91 Å². The lowest BCUT2D eigenvalue weighted by Crippen LogP contribution is -2.36. The van der Waals surface area contributed by atoms with Crippen LogP contribution in [0.1, 0.15) is 45.5 Å². The van der Waals surface area contributed by atoms with Crippen LogP contribution < -0.4 is 5.32 Å². The number of hydrogen-bond donors (Lipinski definition) is 2. The summed E-state index contributed by atoms with van der Waals surface area (Å²) in [5.74, 6) is -0.290. The third-order valence-electron chi connectivity index (χ3n) is 5.91. The molecule has 1 spiro atoms. The zero-order valence-corrected chi connectivity index (χ0v) is 15.5. The molecular weight excluding hydrogens is 340 g/mol. The molecule has 1 fully saturated rings. The van der Waals surface area contributed by atoms with Crippen molar-refractivity contribution in [1.29, 1.82) is 0 Å². The molecule has 2 aromatic carbocycles. The first-order valence-corrected chi connectivity index (χ1v) is 9.43. The number of hydroxylamine groups is 2. The highest BCUT2D eigenvalue weighted by molar-refractivity contribution is 5.94. The number of nitrogens with one attached hydrogen (secondary N) is 1. The van der Waals surface area contributed by atoms with Gasteiger partial charge in [-0.2, -0.15) is 0 Å². The minimum atomic E-state index is -0.422. The van der Waals surface area contributed by atoms with Gasteiger partial charge in [0.1, 0.15) is 0 Å². The van der Waals surface area contributed by atoms with Gasteiger partial charge in [-0.3, -0.25) is 14.8 Å². The molecule has 140 valence electrons. The molecule has 2 aromatic rings. The van der Waals surface area contributed by atoms with E-state index >= 15 is 0 Å². The molecule has 5 heteroatoms. The molecule has 0 saturated carbocycles. The molecule has 4 rings (SSSR count). The molecule has 1 saturated heterocycles. The molecule has 0 unspecified atom stereocenters. The van der Waals surface area contributed by atoms with E-state index in [9.17, 15) is 14.8 Å². The van der Waals surface area contributed by atoms with E-state index in [0.29, 0.717) is 12.0 Å². The van der Waals surface area contributed by atoms with Crippen molar-refractivity contribution in [2.24, 2.45) is 5.41 Å². The maximum absolute atomic E-state index is 12.7. The van der Waals surface area contributed by atoms with Crippen molar-refractivity contribution in [3.8, 4) is 0 Å². The third kappa shape index (κ3) is 3.35. The van der Waals surface area contributed by atoms with E-state index in [2.05, 4.69) is 5.32 Å². The lowest BCUT2D eigenvalue weighted by atomic mass is 9.70. The fraction of sp³-hybridized carbons (Fsp3) is 0.364. The smallest absolute Gasteiger partial charge is 0.277 e. The first-order chi connectivity index (χ1) is 13.0. The highest BCUT2D eigenvalue weighted by atomic mass is 16.5. The van der Waals surface area contributed by atoms with Gasteiger partial charge in [-0.1, -0.05) is 35.9 Å². The number of fused-ring (bicyclic) bond motifs is 1. The Kier molecular flexibility index (Phi) is 4.48. The van der Waals surface area contributed by atoms with Crippen molar-refractivity contribution < 1.29 is 14.8 Å². The van der Waals surface area contributed by atoms with Crippen LogP contribution in [-0.2, 0) is 24.2 Å². The van der Waals surface area contributed by atoms with E-state index in [4.69, 9.17) is 0 Å². The molecule has 0 bridgehead atoms. The highest BCUT2D eigenvalue weighted by Crippen LogP contribution is 2.41.